The van der Waals surface area contributed by atoms with Crippen molar-refractivity contribution in [3.05, 3.63) is 0 Å². The summed E-state index contributed by atoms with van der Waals surface area (Å²) in [5.74, 6) is 3.20. The van der Waals surface area contributed by atoms with Gasteiger partial charge in [0.25, 0.3) is 0 Å². The van der Waals surface area contributed by atoms with E-state index in [1.807, 2.05) is 6.92 Å². The highest BCUT2D eigenvalue weighted by Gasteiger charge is 2.69. The zero-order valence-corrected chi connectivity index (χ0v) is 22.7. The summed E-state index contributed by atoms with van der Waals surface area (Å²) < 4.78 is 38.9. The van der Waals surface area contributed by atoms with Crippen LogP contribution in [0.1, 0.15) is 105 Å². The lowest BCUT2D eigenvalue weighted by atomic mass is 9.42. The van der Waals surface area contributed by atoms with Crippen molar-refractivity contribution in [3.63, 3.8) is 0 Å². The molecule has 0 saturated heterocycles. The molecule has 10 atom stereocenters. The molecular formula is C27H48O6S. The van der Waals surface area contributed by atoms with E-state index in [0.29, 0.717) is 42.9 Å². The van der Waals surface area contributed by atoms with Gasteiger partial charge in [-0.05, 0) is 85.9 Å². The highest BCUT2D eigenvalue weighted by molar-refractivity contribution is 7.80. The first-order valence-corrected chi connectivity index (χ1v) is 15.1. The molecule has 4 saturated carbocycles. The number of rotatable bonds is 7. The minimum atomic E-state index is -4.77. The standard InChI is InChI=1S/C27H48O6S/c1-17(2)7-6-8-18(3)21-9-10-22-20-15-24(29)27(33-34(30,31)32)16-19(28)11-14-26(27,5)23(20)12-13-25(21,22)4/h17-24,28-29H,6-16H2,1-5H3,(H,30,31,32)/t18-,19+,20+,21-,22+,23+,24+,25-,26-,27+/m1/s1. The van der Waals surface area contributed by atoms with E-state index in [2.05, 4.69) is 27.7 Å². The van der Waals surface area contributed by atoms with Gasteiger partial charge in [-0.2, -0.15) is 8.42 Å². The molecule has 7 heteroatoms. The summed E-state index contributed by atoms with van der Waals surface area (Å²) >= 11 is 0. The van der Waals surface area contributed by atoms with Crippen molar-refractivity contribution in [1.82, 2.24) is 0 Å². The quantitative estimate of drug-likeness (QED) is 0.405. The van der Waals surface area contributed by atoms with Crippen LogP contribution in [0.3, 0.4) is 0 Å². The van der Waals surface area contributed by atoms with Gasteiger partial charge in [0.1, 0.15) is 5.60 Å². The summed E-state index contributed by atoms with van der Waals surface area (Å²) in [7, 11) is -4.77. The van der Waals surface area contributed by atoms with E-state index >= 15 is 0 Å². The van der Waals surface area contributed by atoms with Gasteiger partial charge in [0.15, 0.2) is 0 Å². The molecule has 0 aromatic carbocycles. The lowest BCUT2D eigenvalue weighted by molar-refractivity contribution is -0.253. The van der Waals surface area contributed by atoms with E-state index in [4.69, 9.17) is 4.18 Å². The summed E-state index contributed by atoms with van der Waals surface area (Å²) in [6.07, 6.45) is 8.31. The van der Waals surface area contributed by atoms with Crippen LogP contribution in [0.25, 0.3) is 0 Å². The van der Waals surface area contributed by atoms with Gasteiger partial charge in [-0.25, -0.2) is 4.18 Å². The fraction of sp³-hybridized carbons (Fsp3) is 1.00. The van der Waals surface area contributed by atoms with Gasteiger partial charge < -0.3 is 10.2 Å². The molecule has 0 amide bonds. The fourth-order valence-electron chi connectivity index (χ4n) is 9.63. The minimum absolute atomic E-state index is 0.0467. The third-order valence-electron chi connectivity index (χ3n) is 11.2. The van der Waals surface area contributed by atoms with Crippen LogP contribution in [-0.2, 0) is 14.6 Å². The van der Waals surface area contributed by atoms with Crippen LogP contribution in [-0.4, -0.2) is 41.0 Å². The van der Waals surface area contributed by atoms with Crippen molar-refractivity contribution in [3.8, 4) is 0 Å². The third kappa shape index (κ3) is 4.40. The molecule has 34 heavy (non-hydrogen) atoms. The Bertz CT molecular complexity index is 844. The first-order chi connectivity index (χ1) is 15.7. The molecule has 3 N–H and O–H groups in total. The fourth-order valence-corrected chi connectivity index (χ4v) is 10.4. The summed E-state index contributed by atoms with van der Waals surface area (Å²) in [6, 6.07) is 0. The summed E-state index contributed by atoms with van der Waals surface area (Å²) in [4.78, 5) is 0. The predicted molar refractivity (Wildman–Crippen MR) is 132 cm³/mol. The highest BCUT2D eigenvalue weighted by atomic mass is 32.3. The van der Waals surface area contributed by atoms with Gasteiger partial charge in [0.2, 0.25) is 0 Å². The van der Waals surface area contributed by atoms with Crippen molar-refractivity contribution in [2.24, 2.45) is 46.3 Å². The molecule has 4 rings (SSSR count). The molecule has 4 fully saturated rings. The largest absolute Gasteiger partial charge is 0.398 e. The summed E-state index contributed by atoms with van der Waals surface area (Å²) in [5.41, 5.74) is -1.81. The average Bonchev–Trinajstić information content (AvgIpc) is 3.06. The first kappa shape index (κ1) is 26.8. The van der Waals surface area contributed by atoms with Crippen LogP contribution in [0.4, 0.5) is 0 Å². The topological polar surface area (TPSA) is 104 Å². The minimum Gasteiger partial charge on any atom is -0.393 e. The van der Waals surface area contributed by atoms with Crippen molar-refractivity contribution < 1.29 is 27.4 Å². The summed E-state index contributed by atoms with van der Waals surface area (Å²) in [6.45, 7) is 11.6. The van der Waals surface area contributed by atoms with Gasteiger partial charge in [-0.3, -0.25) is 4.55 Å². The normalized spacial score (nSPS) is 47.7. The molecule has 0 aromatic heterocycles. The Balaban J connectivity index is 1.60. The van der Waals surface area contributed by atoms with E-state index in [0.717, 1.165) is 18.8 Å². The molecule has 0 heterocycles. The molecule has 0 aliphatic heterocycles. The Hall–Kier alpha value is -0.210. The van der Waals surface area contributed by atoms with E-state index in [1.165, 1.54) is 32.1 Å². The number of aliphatic hydroxyl groups excluding tert-OH is 2. The van der Waals surface area contributed by atoms with Crippen molar-refractivity contribution in [2.75, 3.05) is 0 Å². The van der Waals surface area contributed by atoms with Gasteiger partial charge in [0.05, 0.1) is 12.2 Å². The maximum Gasteiger partial charge on any atom is 0.398 e. The zero-order chi connectivity index (χ0) is 25.1. The number of fused-ring (bicyclic) bond motifs is 5. The molecule has 0 spiro atoms. The van der Waals surface area contributed by atoms with Crippen LogP contribution in [0.2, 0.25) is 0 Å². The molecule has 0 aromatic rings. The Morgan fingerprint density at radius 2 is 1.68 bits per heavy atom. The average molecular weight is 501 g/mol. The van der Waals surface area contributed by atoms with Gasteiger partial charge >= 0.3 is 10.4 Å². The van der Waals surface area contributed by atoms with Crippen LogP contribution < -0.4 is 0 Å². The molecule has 0 radical (unpaired) electrons. The van der Waals surface area contributed by atoms with Crippen molar-refractivity contribution in [2.45, 2.75) is 123 Å². The van der Waals surface area contributed by atoms with Crippen LogP contribution in [0.15, 0.2) is 0 Å². The van der Waals surface area contributed by atoms with Crippen molar-refractivity contribution in [1.29, 1.82) is 0 Å². The number of aliphatic hydroxyl groups is 2. The Kier molecular flexibility index (Phi) is 7.32. The maximum absolute atomic E-state index is 11.9. The van der Waals surface area contributed by atoms with Gasteiger partial charge in [-0.1, -0.05) is 53.9 Å². The van der Waals surface area contributed by atoms with Crippen LogP contribution in [0.5, 0.6) is 0 Å². The Morgan fingerprint density at radius 1 is 0.971 bits per heavy atom. The molecule has 4 aliphatic carbocycles. The highest BCUT2D eigenvalue weighted by Crippen LogP contribution is 2.70. The molecule has 198 valence electrons. The van der Waals surface area contributed by atoms with Gasteiger partial charge in [-0.15, -0.1) is 0 Å². The second-order valence-electron chi connectivity index (χ2n) is 13.4. The van der Waals surface area contributed by atoms with Crippen molar-refractivity contribution >= 4 is 10.4 Å². The molecule has 0 unspecified atom stereocenters. The van der Waals surface area contributed by atoms with Crippen LogP contribution >= 0.6 is 0 Å². The van der Waals surface area contributed by atoms with E-state index < -0.39 is 33.6 Å². The summed E-state index contributed by atoms with van der Waals surface area (Å²) in [5, 5.41) is 21.9. The van der Waals surface area contributed by atoms with Gasteiger partial charge in [0, 0.05) is 11.8 Å². The molecule has 4 aliphatic rings. The Morgan fingerprint density at radius 3 is 2.32 bits per heavy atom. The monoisotopic (exact) mass is 500 g/mol. The number of hydrogen-bond acceptors (Lipinski definition) is 5. The maximum atomic E-state index is 11.9. The Labute approximate surface area is 207 Å². The van der Waals surface area contributed by atoms with Crippen LogP contribution in [0, 0.1) is 46.3 Å². The predicted octanol–water partition coefficient (Wildman–Crippen LogP) is 5.38. The van der Waals surface area contributed by atoms with E-state index in [1.54, 1.807) is 0 Å². The van der Waals surface area contributed by atoms with E-state index in [9.17, 15) is 23.2 Å². The lowest BCUT2D eigenvalue weighted by Crippen LogP contribution is -2.70. The first-order valence-electron chi connectivity index (χ1n) is 13.8. The number of hydrogen-bond donors (Lipinski definition) is 3. The molecule has 0 bridgehead atoms. The smallest absolute Gasteiger partial charge is 0.393 e. The molecule has 6 nitrogen and oxygen atoms in total. The zero-order valence-electron chi connectivity index (χ0n) is 21.9. The second kappa shape index (κ2) is 9.27. The third-order valence-corrected chi connectivity index (χ3v) is 11.8. The van der Waals surface area contributed by atoms with E-state index in [-0.39, 0.29) is 17.8 Å². The SMILES string of the molecule is CC(C)CCC[C@@H](C)[C@H]1CC[C@H]2[C@@H]3C[C@H](O)[C@@]4(OS(=O)(=O)O)C[C@@H](O)CC[C@]4(C)[C@H]3CC[C@]12C. The molecular weight excluding hydrogens is 452 g/mol. The lowest BCUT2D eigenvalue weighted by Gasteiger charge is -2.66. The second-order valence-corrected chi connectivity index (χ2v) is 14.4.